The Bertz CT molecular complexity index is 391. The average Bonchev–Trinajstić information content (AvgIpc) is 2.58. The molecule has 0 unspecified atom stereocenters. The van der Waals surface area contributed by atoms with Crippen molar-refractivity contribution in [1.29, 1.82) is 0 Å². The van der Waals surface area contributed by atoms with Gasteiger partial charge in [0.1, 0.15) is 16.1 Å². The third-order valence-corrected chi connectivity index (χ3v) is 3.26. The Morgan fingerprint density at radius 3 is 2.67 bits per heavy atom. The van der Waals surface area contributed by atoms with Crippen LogP contribution in [0.2, 0.25) is 0 Å². The van der Waals surface area contributed by atoms with Crippen LogP contribution < -0.4 is 0 Å². The number of hydrogen-bond donors (Lipinski definition) is 0. The van der Waals surface area contributed by atoms with Gasteiger partial charge in [0.25, 0.3) is 0 Å². The average molecular weight is 196 g/mol. The first-order chi connectivity index (χ1) is 5.77. The lowest BCUT2D eigenvalue weighted by atomic mass is 10.4. The molecular formula is C7H6N3S2. The molecule has 1 radical (unpaired) electrons. The van der Waals surface area contributed by atoms with Crippen LogP contribution in [0.5, 0.6) is 0 Å². The van der Waals surface area contributed by atoms with Gasteiger partial charge in [0.05, 0.1) is 5.69 Å². The first-order valence-electron chi connectivity index (χ1n) is 3.42. The van der Waals surface area contributed by atoms with E-state index in [0.29, 0.717) is 0 Å². The second kappa shape index (κ2) is 2.91. The standard InChI is InChI=1S/C7H6N3S2/c1-4-3-8-7(11-4)6-5(2)9-10-12-6/h1-2H3. The Balaban J connectivity index is 2.50. The number of rotatable bonds is 1. The largest absolute Gasteiger partial charge is 0.233 e. The molecule has 0 bridgehead atoms. The molecule has 12 heavy (non-hydrogen) atoms. The zero-order valence-corrected chi connectivity index (χ0v) is 8.29. The Hall–Kier alpha value is -0.810. The summed E-state index contributed by atoms with van der Waals surface area (Å²) in [6, 6.07) is 0. The summed E-state index contributed by atoms with van der Waals surface area (Å²) in [5.41, 5.74) is 0.947. The fraction of sp³-hybridized carbons (Fsp3) is 0.286. The number of thiazole rings is 1. The molecule has 0 spiro atoms. The highest BCUT2D eigenvalue weighted by Crippen LogP contribution is 2.28. The van der Waals surface area contributed by atoms with E-state index in [0.717, 1.165) is 20.5 Å². The van der Waals surface area contributed by atoms with Crippen LogP contribution in [0.25, 0.3) is 9.88 Å². The van der Waals surface area contributed by atoms with Crippen molar-refractivity contribution >= 4 is 22.9 Å². The quantitative estimate of drug-likeness (QED) is 0.701. The molecule has 0 saturated heterocycles. The van der Waals surface area contributed by atoms with E-state index in [-0.39, 0.29) is 0 Å². The highest BCUT2D eigenvalue weighted by molar-refractivity contribution is 7.19. The number of nitrogens with zero attached hydrogens (tertiary/aromatic N) is 3. The van der Waals surface area contributed by atoms with Crippen molar-refractivity contribution < 1.29 is 0 Å². The molecule has 5 heteroatoms. The molecule has 0 aliphatic rings. The van der Waals surface area contributed by atoms with E-state index in [1.54, 1.807) is 11.3 Å². The predicted molar refractivity (Wildman–Crippen MR) is 49.3 cm³/mol. The lowest BCUT2D eigenvalue weighted by Crippen LogP contribution is -1.74. The van der Waals surface area contributed by atoms with Gasteiger partial charge in [-0.1, -0.05) is 4.49 Å². The second-order valence-corrected chi connectivity index (χ2v) is 4.33. The minimum Gasteiger partial charge on any atom is -0.233 e. The fourth-order valence-corrected chi connectivity index (χ4v) is 2.34. The highest BCUT2D eigenvalue weighted by Gasteiger charge is 2.09. The lowest BCUT2D eigenvalue weighted by Gasteiger charge is -1.86. The molecule has 0 aromatic carbocycles. The molecule has 0 fully saturated rings. The Kier molecular flexibility index (Phi) is 1.90. The summed E-state index contributed by atoms with van der Waals surface area (Å²) in [4.78, 5) is 6.30. The molecule has 2 aromatic heterocycles. The van der Waals surface area contributed by atoms with E-state index in [2.05, 4.69) is 20.8 Å². The second-order valence-electron chi connectivity index (χ2n) is 2.37. The molecule has 0 saturated carbocycles. The molecule has 2 aromatic rings. The van der Waals surface area contributed by atoms with Crippen LogP contribution in [0.1, 0.15) is 10.6 Å². The molecule has 2 rings (SSSR count). The van der Waals surface area contributed by atoms with Crippen molar-refractivity contribution in [3.05, 3.63) is 16.8 Å². The van der Waals surface area contributed by atoms with Crippen molar-refractivity contribution in [1.82, 2.24) is 14.6 Å². The Labute approximate surface area is 78.3 Å². The minimum atomic E-state index is 0.947. The van der Waals surface area contributed by atoms with Gasteiger partial charge in [-0.3, -0.25) is 0 Å². The maximum absolute atomic E-state index is 4.14. The third kappa shape index (κ3) is 1.25. The number of aryl methyl sites for hydroxylation is 2. The van der Waals surface area contributed by atoms with Crippen molar-refractivity contribution in [3.8, 4) is 9.88 Å². The normalized spacial score (nSPS) is 10.5. The van der Waals surface area contributed by atoms with Crippen LogP contribution >= 0.6 is 22.9 Å². The smallest absolute Gasteiger partial charge is 0.137 e. The van der Waals surface area contributed by atoms with Crippen molar-refractivity contribution in [2.75, 3.05) is 0 Å². The van der Waals surface area contributed by atoms with Gasteiger partial charge < -0.3 is 0 Å². The molecule has 0 aliphatic heterocycles. The molecule has 0 aliphatic carbocycles. The summed E-state index contributed by atoms with van der Waals surface area (Å²) in [5, 5.41) is 4.90. The van der Waals surface area contributed by atoms with Gasteiger partial charge in [-0.2, -0.15) is 0 Å². The van der Waals surface area contributed by atoms with Crippen LogP contribution in [-0.4, -0.2) is 14.6 Å². The molecule has 0 amide bonds. The fourth-order valence-electron chi connectivity index (χ4n) is 0.845. The predicted octanol–water partition coefficient (Wildman–Crippen LogP) is 2.08. The van der Waals surface area contributed by atoms with E-state index in [1.807, 2.05) is 13.8 Å². The van der Waals surface area contributed by atoms with Crippen LogP contribution in [0.4, 0.5) is 0 Å². The van der Waals surface area contributed by atoms with E-state index < -0.39 is 0 Å². The van der Waals surface area contributed by atoms with Gasteiger partial charge >= 0.3 is 0 Å². The first-order valence-corrected chi connectivity index (χ1v) is 5.01. The molecule has 2 heterocycles. The SMILES string of the molecule is Cc1[c]nc(-c2snnc2C)s1. The van der Waals surface area contributed by atoms with Gasteiger partial charge in [0.2, 0.25) is 0 Å². The topological polar surface area (TPSA) is 38.7 Å². The van der Waals surface area contributed by atoms with Crippen LogP contribution in [0, 0.1) is 20.0 Å². The van der Waals surface area contributed by atoms with Crippen molar-refractivity contribution in [2.45, 2.75) is 13.8 Å². The Morgan fingerprint density at radius 2 is 2.17 bits per heavy atom. The minimum absolute atomic E-state index is 0.947. The summed E-state index contributed by atoms with van der Waals surface area (Å²) in [6.07, 6.45) is 2.90. The maximum atomic E-state index is 4.14. The first kappa shape index (κ1) is 7.82. The molecular weight excluding hydrogens is 190 g/mol. The number of hydrogen-bond acceptors (Lipinski definition) is 5. The van der Waals surface area contributed by atoms with E-state index in [4.69, 9.17) is 0 Å². The highest BCUT2D eigenvalue weighted by atomic mass is 32.1. The summed E-state index contributed by atoms with van der Waals surface area (Å²) < 4.78 is 3.85. The van der Waals surface area contributed by atoms with Gasteiger partial charge in [0, 0.05) is 4.88 Å². The molecule has 0 atom stereocenters. The summed E-state index contributed by atoms with van der Waals surface area (Å²) in [6.45, 7) is 3.93. The molecule has 0 N–H and O–H groups in total. The van der Waals surface area contributed by atoms with Gasteiger partial charge in [-0.05, 0) is 25.4 Å². The third-order valence-electron chi connectivity index (χ3n) is 1.41. The van der Waals surface area contributed by atoms with Crippen molar-refractivity contribution in [3.63, 3.8) is 0 Å². The Morgan fingerprint density at radius 1 is 1.33 bits per heavy atom. The number of aromatic nitrogens is 3. The monoisotopic (exact) mass is 196 g/mol. The zero-order valence-electron chi connectivity index (χ0n) is 6.66. The summed E-state index contributed by atoms with van der Waals surface area (Å²) in [7, 11) is 0. The van der Waals surface area contributed by atoms with Gasteiger partial charge in [0.15, 0.2) is 0 Å². The lowest BCUT2D eigenvalue weighted by molar-refractivity contribution is 1.09. The van der Waals surface area contributed by atoms with Crippen LogP contribution in [0.3, 0.4) is 0 Å². The van der Waals surface area contributed by atoms with Crippen LogP contribution in [-0.2, 0) is 0 Å². The van der Waals surface area contributed by atoms with Crippen LogP contribution in [0.15, 0.2) is 0 Å². The summed E-state index contributed by atoms with van der Waals surface area (Å²) in [5.74, 6) is 0. The van der Waals surface area contributed by atoms with E-state index in [9.17, 15) is 0 Å². The van der Waals surface area contributed by atoms with Crippen molar-refractivity contribution in [2.24, 2.45) is 0 Å². The zero-order chi connectivity index (χ0) is 8.55. The molecule has 61 valence electrons. The van der Waals surface area contributed by atoms with E-state index in [1.165, 1.54) is 11.5 Å². The van der Waals surface area contributed by atoms with E-state index >= 15 is 0 Å². The van der Waals surface area contributed by atoms with Gasteiger partial charge in [-0.15, -0.1) is 16.4 Å². The summed E-state index contributed by atoms with van der Waals surface area (Å²) >= 11 is 3.01. The molecule has 3 nitrogen and oxygen atoms in total. The van der Waals surface area contributed by atoms with Gasteiger partial charge in [-0.25, -0.2) is 4.98 Å². The maximum Gasteiger partial charge on any atom is 0.137 e.